The van der Waals surface area contributed by atoms with Crippen LogP contribution in [0.4, 0.5) is 4.39 Å². The summed E-state index contributed by atoms with van der Waals surface area (Å²) in [6.45, 7) is 2.83. The first kappa shape index (κ1) is 23.0. The quantitative estimate of drug-likeness (QED) is 0.484. The maximum Gasteiger partial charge on any atom is 0.338 e. The van der Waals surface area contributed by atoms with Gasteiger partial charge in [0.25, 0.3) is 0 Å². The lowest BCUT2D eigenvalue weighted by atomic mass is 9.92. The van der Waals surface area contributed by atoms with Gasteiger partial charge in [0.1, 0.15) is 24.8 Å². The van der Waals surface area contributed by atoms with E-state index in [0.29, 0.717) is 11.3 Å². The highest BCUT2D eigenvalue weighted by molar-refractivity contribution is 6.48. The average molecular weight is 467 g/mol. The van der Waals surface area contributed by atoms with Crippen molar-refractivity contribution in [1.29, 1.82) is 0 Å². The largest absolute Gasteiger partial charge is 0.490 e. The molecule has 0 aliphatic carbocycles. The van der Waals surface area contributed by atoms with Gasteiger partial charge in [0, 0.05) is 23.5 Å². The highest BCUT2D eigenvalue weighted by Crippen LogP contribution is 2.29. The predicted octanol–water partition coefficient (Wildman–Crippen LogP) is 4.40. The number of rotatable bonds is 7. The summed E-state index contributed by atoms with van der Waals surface area (Å²) in [5.41, 5.74) is 3.75. The standard InChI is InChI=1S/C22H21Cl2FN2O4/c1-13-10-18(28)26-27-20(13)16-8-9-17(14(2)19(16)25)30-11-22(23,24)12-31-21(29)15-6-4-3-5-7-15/h3-9,13H,10-12H2,1-2H3,(H,26,28). The molecule has 1 atom stereocenters. The zero-order valence-electron chi connectivity index (χ0n) is 17.0. The van der Waals surface area contributed by atoms with Gasteiger partial charge in [0.05, 0.1) is 11.3 Å². The van der Waals surface area contributed by atoms with Gasteiger partial charge in [-0.1, -0.05) is 48.3 Å². The zero-order valence-corrected chi connectivity index (χ0v) is 18.5. The number of carbonyl (C=O) groups excluding carboxylic acids is 2. The first-order valence-electron chi connectivity index (χ1n) is 9.56. The Morgan fingerprint density at radius 2 is 1.94 bits per heavy atom. The topological polar surface area (TPSA) is 77.0 Å². The van der Waals surface area contributed by atoms with Crippen molar-refractivity contribution in [2.45, 2.75) is 24.6 Å². The summed E-state index contributed by atoms with van der Waals surface area (Å²) < 4.78 is 24.2. The van der Waals surface area contributed by atoms with Gasteiger partial charge in [-0.2, -0.15) is 5.10 Å². The molecule has 1 aliphatic heterocycles. The van der Waals surface area contributed by atoms with Gasteiger partial charge in [-0.3, -0.25) is 4.79 Å². The van der Waals surface area contributed by atoms with E-state index in [1.54, 1.807) is 43.3 Å². The fourth-order valence-corrected chi connectivity index (χ4v) is 3.27. The second-order valence-corrected chi connectivity index (χ2v) is 8.91. The highest BCUT2D eigenvalue weighted by atomic mass is 35.5. The molecule has 1 aliphatic rings. The summed E-state index contributed by atoms with van der Waals surface area (Å²) in [6.07, 6.45) is 0.234. The number of hydrogen-bond donors (Lipinski definition) is 1. The molecule has 0 bridgehead atoms. The van der Waals surface area contributed by atoms with Gasteiger partial charge in [-0.05, 0) is 31.2 Å². The normalized spacial score (nSPS) is 16.4. The van der Waals surface area contributed by atoms with E-state index in [-0.39, 0.29) is 48.3 Å². The minimum atomic E-state index is -1.53. The van der Waals surface area contributed by atoms with Gasteiger partial charge in [0.2, 0.25) is 5.91 Å². The van der Waals surface area contributed by atoms with Gasteiger partial charge >= 0.3 is 5.97 Å². The van der Waals surface area contributed by atoms with E-state index < -0.39 is 16.1 Å². The fraction of sp³-hybridized carbons (Fsp3) is 0.318. The van der Waals surface area contributed by atoms with Crippen molar-refractivity contribution in [3.8, 4) is 5.75 Å². The van der Waals surface area contributed by atoms with Gasteiger partial charge < -0.3 is 9.47 Å². The minimum absolute atomic E-state index is 0.207. The van der Waals surface area contributed by atoms with Gasteiger partial charge in [-0.15, -0.1) is 0 Å². The molecule has 0 radical (unpaired) electrons. The van der Waals surface area contributed by atoms with Crippen molar-refractivity contribution in [3.05, 3.63) is 65.0 Å². The summed E-state index contributed by atoms with van der Waals surface area (Å²) in [5.74, 6) is -1.25. The lowest BCUT2D eigenvalue weighted by Crippen LogP contribution is -2.32. The van der Waals surface area contributed by atoms with Crippen LogP contribution in [0.25, 0.3) is 0 Å². The Morgan fingerprint density at radius 3 is 2.61 bits per heavy atom. The Hall–Kier alpha value is -2.64. The third-order valence-electron chi connectivity index (χ3n) is 4.73. The van der Waals surface area contributed by atoms with E-state index >= 15 is 0 Å². The molecule has 0 saturated carbocycles. The molecule has 31 heavy (non-hydrogen) atoms. The fourth-order valence-electron chi connectivity index (χ4n) is 3.05. The molecular formula is C22H21Cl2FN2O4. The van der Waals surface area contributed by atoms with E-state index in [2.05, 4.69) is 10.5 Å². The zero-order chi connectivity index (χ0) is 22.6. The van der Waals surface area contributed by atoms with Gasteiger partial charge in [-0.25, -0.2) is 14.6 Å². The number of halogens is 3. The molecule has 1 amide bonds. The monoisotopic (exact) mass is 466 g/mol. The molecule has 9 heteroatoms. The molecule has 0 spiro atoms. The van der Waals surface area contributed by atoms with Crippen LogP contribution in [-0.4, -0.2) is 35.1 Å². The number of ether oxygens (including phenoxy) is 2. The SMILES string of the molecule is Cc1c(OCC(Cl)(Cl)COC(=O)c2ccccc2)ccc(C2=NNC(=O)CC2C)c1F. The van der Waals surface area contributed by atoms with E-state index in [4.69, 9.17) is 32.7 Å². The molecule has 3 rings (SSSR count). The summed E-state index contributed by atoms with van der Waals surface area (Å²) >= 11 is 12.4. The second kappa shape index (κ2) is 9.66. The summed E-state index contributed by atoms with van der Waals surface area (Å²) in [4.78, 5) is 23.5. The van der Waals surface area contributed by atoms with E-state index in [9.17, 15) is 14.0 Å². The van der Waals surface area contributed by atoms with Crippen LogP contribution in [0.15, 0.2) is 47.6 Å². The molecule has 0 saturated heterocycles. The maximum absolute atomic E-state index is 15.0. The Balaban J connectivity index is 1.64. The number of hydrogen-bond acceptors (Lipinski definition) is 5. The first-order chi connectivity index (χ1) is 14.7. The van der Waals surface area contributed by atoms with Crippen LogP contribution >= 0.6 is 23.2 Å². The molecule has 1 N–H and O–H groups in total. The van der Waals surface area contributed by atoms with Crippen LogP contribution in [0.1, 0.15) is 34.8 Å². The highest BCUT2D eigenvalue weighted by Gasteiger charge is 2.29. The molecule has 164 valence electrons. The Labute approximate surface area is 189 Å². The summed E-state index contributed by atoms with van der Waals surface area (Å²) in [5, 5.41) is 3.99. The van der Waals surface area contributed by atoms with E-state index in [1.165, 1.54) is 6.07 Å². The van der Waals surface area contributed by atoms with Gasteiger partial charge in [0.15, 0.2) is 4.33 Å². The van der Waals surface area contributed by atoms with E-state index in [0.717, 1.165) is 0 Å². The third-order valence-corrected chi connectivity index (χ3v) is 5.17. The Kier molecular flexibility index (Phi) is 7.18. The molecule has 2 aromatic carbocycles. The van der Waals surface area contributed by atoms with Crippen LogP contribution in [0.3, 0.4) is 0 Å². The molecule has 2 aromatic rings. The number of esters is 1. The Bertz CT molecular complexity index is 1010. The van der Waals surface area contributed by atoms with Crippen molar-refractivity contribution in [3.63, 3.8) is 0 Å². The van der Waals surface area contributed by atoms with Crippen LogP contribution in [0.5, 0.6) is 5.75 Å². The molecule has 1 heterocycles. The van der Waals surface area contributed by atoms with Crippen molar-refractivity contribution >= 4 is 40.8 Å². The van der Waals surface area contributed by atoms with Crippen LogP contribution < -0.4 is 10.2 Å². The number of alkyl halides is 2. The van der Waals surface area contributed by atoms with Crippen molar-refractivity contribution in [1.82, 2.24) is 5.43 Å². The van der Waals surface area contributed by atoms with Crippen LogP contribution in [0, 0.1) is 18.7 Å². The first-order valence-corrected chi connectivity index (χ1v) is 10.3. The number of benzene rings is 2. The molecule has 1 unspecified atom stereocenters. The van der Waals surface area contributed by atoms with Crippen molar-refractivity contribution in [2.75, 3.05) is 13.2 Å². The van der Waals surface area contributed by atoms with Crippen molar-refractivity contribution < 1.29 is 23.5 Å². The lowest BCUT2D eigenvalue weighted by molar-refractivity contribution is -0.121. The summed E-state index contributed by atoms with van der Waals surface area (Å²) in [7, 11) is 0. The number of nitrogens with zero attached hydrogens (tertiary/aromatic N) is 1. The number of carbonyl (C=O) groups is 2. The van der Waals surface area contributed by atoms with Crippen LogP contribution in [0.2, 0.25) is 0 Å². The van der Waals surface area contributed by atoms with Crippen molar-refractivity contribution in [2.24, 2.45) is 11.0 Å². The smallest absolute Gasteiger partial charge is 0.338 e. The molecule has 0 fully saturated rings. The average Bonchev–Trinajstić information content (AvgIpc) is 2.74. The summed E-state index contributed by atoms with van der Waals surface area (Å²) in [6, 6.07) is 11.5. The molecule has 6 nitrogen and oxygen atoms in total. The third kappa shape index (κ3) is 5.74. The minimum Gasteiger partial charge on any atom is -0.490 e. The number of amides is 1. The molecule has 0 aromatic heterocycles. The lowest BCUT2D eigenvalue weighted by Gasteiger charge is -2.22. The maximum atomic E-state index is 15.0. The van der Waals surface area contributed by atoms with E-state index in [1.807, 2.05) is 6.92 Å². The van der Waals surface area contributed by atoms with Crippen LogP contribution in [-0.2, 0) is 9.53 Å². The second-order valence-electron chi connectivity index (χ2n) is 7.27. The Morgan fingerprint density at radius 1 is 1.23 bits per heavy atom. The number of hydrazone groups is 1. The number of nitrogens with one attached hydrogen (secondary N) is 1. The molecular weight excluding hydrogens is 446 g/mol. The predicted molar refractivity (Wildman–Crippen MR) is 116 cm³/mol.